The van der Waals surface area contributed by atoms with Crippen LogP contribution in [-0.2, 0) is 4.84 Å². The topological polar surface area (TPSA) is 12.5 Å². The maximum absolute atomic E-state index is 6.41. The third-order valence-electron chi connectivity index (χ3n) is 4.89. The van der Waals surface area contributed by atoms with E-state index in [4.69, 9.17) is 16.4 Å². The van der Waals surface area contributed by atoms with Gasteiger partial charge in [0.1, 0.15) is 6.26 Å². The van der Waals surface area contributed by atoms with Crippen LogP contribution in [0.15, 0.2) is 11.3 Å². The monoisotopic (exact) mass is 271 g/mol. The first kappa shape index (κ1) is 14.2. The number of hydrogen-bond donors (Lipinski definition) is 0. The second kappa shape index (κ2) is 5.42. The molecule has 1 heterocycles. The quantitative estimate of drug-likeness (QED) is 0.738. The van der Waals surface area contributed by atoms with Crippen molar-refractivity contribution >= 4 is 11.6 Å². The van der Waals surface area contributed by atoms with Crippen LogP contribution in [0.4, 0.5) is 0 Å². The van der Waals surface area contributed by atoms with E-state index in [1.807, 2.05) is 0 Å². The average Bonchev–Trinajstić information content (AvgIpc) is 2.72. The van der Waals surface area contributed by atoms with Crippen molar-refractivity contribution in [2.45, 2.75) is 71.4 Å². The third-order valence-corrected chi connectivity index (χ3v) is 5.20. The van der Waals surface area contributed by atoms with E-state index in [1.165, 1.54) is 32.1 Å². The first-order valence-corrected chi connectivity index (χ1v) is 7.64. The van der Waals surface area contributed by atoms with Gasteiger partial charge in [-0.05, 0) is 38.5 Å². The summed E-state index contributed by atoms with van der Waals surface area (Å²) in [6.45, 7) is 8.98. The van der Waals surface area contributed by atoms with Gasteiger partial charge in [-0.15, -0.1) is 5.06 Å². The van der Waals surface area contributed by atoms with Crippen molar-refractivity contribution in [1.29, 1.82) is 0 Å². The van der Waals surface area contributed by atoms with Crippen LogP contribution in [0.1, 0.15) is 59.8 Å². The lowest BCUT2D eigenvalue weighted by atomic mass is 9.81. The predicted molar refractivity (Wildman–Crippen MR) is 76.1 cm³/mol. The first-order chi connectivity index (χ1) is 8.44. The lowest BCUT2D eigenvalue weighted by Crippen LogP contribution is -2.52. The molecule has 0 spiro atoms. The van der Waals surface area contributed by atoms with E-state index < -0.39 is 0 Å². The highest BCUT2D eigenvalue weighted by Crippen LogP contribution is 2.41. The molecule has 1 fully saturated rings. The molecule has 104 valence electrons. The van der Waals surface area contributed by atoms with Crippen LogP contribution >= 0.6 is 11.6 Å². The van der Waals surface area contributed by atoms with E-state index in [2.05, 4.69) is 32.8 Å². The molecule has 0 amide bonds. The molecule has 1 aliphatic heterocycles. The summed E-state index contributed by atoms with van der Waals surface area (Å²) in [6, 6.07) is 0.268. The molecule has 18 heavy (non-hydrogen) atoms. The van der Waals surface area contributed by atoms with Gasteiger partial charge in [0.25, 0.3) is 0 Å². The highest BCUT2D eigenvalue weighted by molar-refractivity contribution is 6.30. The number of hydrogen-bond acceptors (Lipinski definition) is 2. The van der Waals surface area contributed by atoms with Crippen LogP contribution < -0.4 is 0 Å². The van der Waals surface area contributed by atoms with Crippen molar-refractivity contribution in [2.75, 3.05) is 0 Å². The lowest BCUT2D eigenvalue weighted by Gasteiger charge is -2.43. The Bertz CT molecular complexity index is 318. The van der Waals surface area contributed by atoms with E-state index >= 15 is 0 Å². The maximum atomic E-state index is 6.41. The van der Waals surface area contributed by atoms with E-state index in [9.17, 15) is 0 Å². The van der Waals surface area contributed by atoms with Crippen LogP contribution in [0, 0.1) is 11.8 Å². The molecular formula is C15H26ClNO. The Balaban J connectivity index is 2.16. The Kier molecular flexibility index (Phi) is 4.28. The largest absolute Gasteiger partial charge is 0.411 e. The standard InChI is InChI=1S/C15H26ClNO/c1-11(2)15(3,4)17-14(13(16)10-18-17)12-8-6-5-7-9-12/h10-12,14H,5-9H2,1-4H3. The Morgan fingerprint density at radius 3 is 2.44 bits per heavy atom. The zero-order valence-electron chi connectivity index (χ0n) is 12.1. The van der Waals surface area contributed by atoms with Gasteiger partial charge in [-0.2, -0.15) is 0 Å². The molecule has 1 atom stereocenters. The normalized spacial score (nSPS) is 27.4. The molecule has 0 bridgehead atoms. The SMILES string of the molecule is CC(C)C(C)(C)N1OC=C(Cl)C1C1CCCCC1. The molecule has 1 aliphatic carbocycles. The fourth-order valence-corrected chi connectivity index (χ4v) is 3.28. The molecule has 2 nitrogen and oxygen atoms in total. The molecule has 0 aromatic carbocycles. The third kappa shape index (κ3) is 2.55. The fraction of sp³-hybridized carbons (Fsp3) is 0.867. The van der Waals surface area contributed by atoms with Gasteiger partial charge in [-0.3, -0.25) is 0 Å². The van der Waals surface area contributed by atoms with E-state index in [0.29, 0.717) is 11.8 Å². The maximum Gasteiger partial charge on any atom is 0.127 e. The number of halogens is 1. The molecule has 2 aliphatic rings. The Morgan fingerprint density at radius 1 is 1.28 bits per heavy atom. The van der Waals surface area contributed by atoms with Crippen molar-refractivity contribution in [3.63, 3.8) is 0 Å². The van der Waals surface area contributed by atoms with Crippen LogP contribution in [0.2, 0.25) is 0 Å². The van der Waals surface area contributed by atoms with Crippen molar-refractivity contribution < 1.29 is 4.84 Å². The lowest BCUT2D eigenvalue weighted by molar-refractivity contribution is -0.196. The zero-order valence-corrected chi connectivity index (χ0v) is 12.8. The summed E-state index contributed by atoms with van der Waals surface area (Å²) < 4.78 is 0. The molecule has 0 N–H and O–H groups in total. The molecule has 0 aromatic heterocycles. The Labute approximate surface area is 116 Å². The zero-order chi connectivity index (χ0) is 13.3. The second-order valence-electron chi connectivity index (χ2n) is 6.59. The summed E-state index contributed by atoms with van der Waals surface area (Å²) in [5.74, 6) is 1.18. The number of nitrogens with zero attached hydrogens (tertiary/aromatic N) is 1. The van der Waals surface area contributed by atoms with Gasteiger partial charge in [0.05, 0.1) is 16.6 Å². The summed E-state index contributed by atoms with van der Waals surface area (Å²) in [6.07, 6.45) is 8.35. The van der Waals surface area contributed by atoms with Gasteiger partial charge in [0, 0.05) is 0 Å². The fourth-order valence-electron chi connectivity index (χ4n) is 2.97. The number of hydroxylamine groups is 2. The summed E-state index contributed by atoms with van der Waals surface area (Å²) in [4.78, 5) is 5.80. The Morgan fingerprint density at radius 2 is 1.89 bits per heavy atom. The summed E-state index contributed by atoms with van der Waals surface area (Å²) in [7, 11) is 0. The van der Waals surface area contributed by atoms with Crippen molar-refractivity contribution in [3.05, 3.63) is 11.3 Å². The summed E-state index contributed by atoms with van der Waals surface area (Å²) >= 11 is 6.41. The van der Waals surface area contributed by atoms with Crippen LogP contribution in [0.3, 0.4) is 0 Å². The molecule has 3 heteroatoms. The van der Waals surface area contributed by atoms with Crippen molar-refractivity contribution in [1.82, 2.24) is 5.06 Å². The summed E-state index contributed by atoms with van der Waals surface area (Å²) in [5.41, 5.74) is 0.00918. The minimum Gasteiger partial charge on any atom is -0.411 e. The first-order valence-electron chi connectivity index (χ1n) is 7.26. The minimum absolute atomic E-state index is 0.00918. The van der Waals surface area contributed by atoms with Gasteiger partial charge in [0.15, 0.2) is 0 Å². The molecule has 0 saturated heterocycles. The van der Waals surface area contributed by atoms with Crippen LogP contribution in [0.25, 0.3) is 0 Å². The highest BCUT2D eigenvalue weighted by atomic mass is 35.5. The van der Waals surface area contributed by atoms with Gasteiger partial charge in [0.2, 0.25) is 0 Å². The Hall–Kier alpha value is -0.210. The molecule has 1 unspecified atom stereocenters. The van der Waals surface area contributed by atoms with Gasteiger partial charge >= 0.3 is 0 Å². The molecule has 0 aromatic rings. The average molecular weight is 272 g/mol. The molecule has 2 rings (SSSR count). The van der Waals surface area contributed by atoms with Gasteiger partial charge in [-0.1, -0.05) is 44.7 Å². The predicted octanol–water partition coefficient (Wildman–Crippen LogP) is 4.70. The molecular weight excluding hydrogens is 246 g/mol. The van der Waals surface area contributed by atoms with Crippen molar-refractivity contribution in [3.8, 4) is 0 Å². The van der Waals surface area contributed by atoms with Crippen molar-refractivity contribution in [2.24, 2.45) is 11.8 Å². The summed E-state index contributed by atoms with van der Waals surface area (Å²) in [5, 5.41) is 3.03. The second-order valence-corrected chi connectivity index (χ2v) is 7.02. The smallest absolute Gasteiger partial charge is 0.127 e. The van der Waals surface area contributed by atoms with Crippen LogP contribution in [0.5, 0.6) is 0 Å². The van der Waals surface area contributed by atoms with Gasteiger partial charge in [-0.25, -0.2) is 0 Å². The molecule has 0 radical (unpaired) electrons. The van der Waals surface area contributed by atoms with Crippen LogP contribution in [-0.4, -0.2) is 16.6 Å². The minimum atomic E-state index is 0.00918. The number of rotatable bonds is 3. The van der Waals surface area contributed by atoms with Gasteiger partial charge < -0.3 is 4.84 Å². The molecule has 1 saturated carbocycles. The van der Waals surface area contributed by atoms with E-state index in [-0.39, 0.29) is 11.6 Å². The van der Waals surface area contributed by atoms with E-state index in [1.54, 1.807) is 6.26 Å². The van der Waals surface area contributed by atoms with E-state index in [0.717, 1.165) is 5.03 Å². The highest BCUT2D eigenvalue weighted by Gasteiger charge is 2.44.